The zero-order chi connectivity index (χ0) is 17.7. The summed E-state index contributed by atoms with van der Waals surface area (Å²) < 4.78 is 16.4. The first kappa shape index (κ1) is 23.9. The molecule has 0 radical (unpaired) electrons. The van der Waals surface area contributed by atoms with Crippen molar-refractivity contribution >= 4 is 29.9 Å². The molecule has 0 saturated carbocycles. The van der Waals surface area contributed by atoms with E-state index in [1.165, 1.54) is 25.8 Å². The fourth-order valence-electron chi connectivity index (χ4n) is 3.44. The number of aliphatic imine (C=N–C) groups is 1. The quantitative estimate of drug-likeness (QED) is 0.201. The molecule has 26 heavy (non-hydrogen) atoms. The molecule has 154 valence electrons. The molecule has 0 bridgehead atoms. The molecule has 0 aromatic heterocycles. The van der Waals surface area contributed by atoms with E-state index in [4.69, 9.17) is 14.2 Å². The molecule has 0 aromatic rings. The Hall–Kier alpha value is -0.160. The maximum absolute atomic E-state index is 5.68. The Morgan fingerprint density at radius 2 is 2.12 bits per heavy atom. The van der Waals surface area contributed by atoms with Crippen LogP contribution in [0, 0.1) is 0 Å². The van der Waals surface area contributed by atoms with Crippen LogP contribution in [-0.2, 0) is 14.2 Å². The molecule has 2 saturated heterocycles. The van der Waals surface area contributed by atoms with Crippen molar-refractivity contribution in [1.29, 1.82) is 0 Å². The van der Waals surface area contributed by atoms with E-state index < -0.39 is 0 Å². The number of rotatable bonds is 11. The molecule has 2 N–H and O–H groups in total. The van der Waals surface area contributed by atoms with Crippen molar-refractivity contribution in [3.8, 4) is 0 Å². The number of methoxy groups -OCH3 is 1. The van der Waals surface area contributed by atoms with Gasteiger partial charge in [-0.3, -0.25) is 9.89 Å². The number of nitrogens with one attached hydrogen (secondary N) is 2. The number of ether oxygens (including phenoxy) is 3. The molecule has 2 aliphatic rings. The number of hydrogen-bond acceptors (Lipinski definition) is 5. The predicted octanol–water partition coefficient (Wildman–Crippen LogP) is 1.47. The van der Waals surface area contributed by atoms with Crippen molar-refractivity contribution < 1.29 is 14.2 Å². The fraction of sp³-hybridized carbons (Fsp3) is 0.944. The van der Waals surface area contributed by atoms with E-state index in [9.17, 15) is 0 Å². The van der Waals surface area contributed by atoms with Gasteiger partial charge in [0.15, 0.2) is 5.96 Å². The number of halogens is 1. The van der Waals surface area contributed by atoms with Gasteiger partial charge in [0, 0.05) is 53.0 Å². The zero-order valence-electron chi connectivity index (χ0n) is 16.4. The van der Waals surface area contributed by atoms with Gasteiger partial charge in [0.2, 0.25) is 0 Å². The van der Waals surface area contributed by atoms with Gasteiger partial charge in [0.1, 0.15) is 0 Å². The molecule has 2 atom stereocenters. The van der Waals surface area contributed by atoms with Crippen LogP contribution in [0.1, 0.15) is 32.1 Å². The summed E-state index contributed by atoms with van der Waals surface area (Å²) in [7, 11) is 3.58. The summed E-state index contributed by atoms with van der Waals surface area (Å²) in [5, 5.41) is 6.81. The molecule has 0 aliphatic carbocycles. The third-order valence-electron chi connectivity index (χ3n) is 4.90. The highest BCUT2D eigenvalue weighted by molar-refractivity contribution is 14.0. The van der Waals surface area contributed by atoms with Gasteiger partial charge in [0.25, 0.3) is 0 Å². The van der Waals surface area contributed by atoms with Crippen LogP contribution in [0.15, 0.2) is 4.99 Å². The van der Waals surface area contributed by atoms with Crippen molar-refractivity contribution in [2.24, 2.45) is 4.99 Å². The van der Waals surface area contributed by atoms with Crippen molar-refractivity contribution in [2.45, 2.75) is 44.2 Å². The summed E-state index contributed by atoms with van der Waals surface area (Å²) in [5.74, 6) is 0.873. The largest absolute Gasteiger partial charge is 0.383 e. The molecule has 0 amide bonds. The maximum Gasteiger partial charge on any atom is 0.191 e. The van der Waals surface area contributed by atoms with Gasteiger partial charge in [-0.25, -0.2) is 0 Å². The summed E-state index contributed by atoms with van der Waals surface area (Å²) >= 11 is 0. The third-order valence-corrected chi connectivity index (χ3v) is 4.90. The van der Waals surface area contributed by atoms with E-state index in [-0.39, 0.29) is 24.0 Å². The molecule has 2 heterocycles. The van der Waals surface area contributed by atoms with Gasteiger partial charge < -0.3 is 24.8 Å². The molecule has 8 heteroatoms. The highest BCUT2D eigenvalue weighted by atomic mass is 127. The number of hydrogen-bond donors (Lipinski definition) is 2. The molecule has 0 spiro atoms. The molecular weight excluding hydrogens is 447 g/mol. The lowest BCUT2D eigenvalue weighted by Gasteiger charge is -2.25. The van der Waals surface area contributed by atoms with Crippen LogP contribution in [0.5, 0.6) is 0 Å². The van der Waals surface area contributed by atoms with Crippen LogP contribution in [0.3, 0.4) is 0 Å². The standard InChI is InChI=1S/C18H36N4O3.HI/c1-19-18(20-8-5-11-24-15-17-7-4-12-25-17)21-14-16-6-3-9-22(16)10-13-23-2;/h16-17H,3-15H2,1-2H3,(H2,19,20,21);1H. The Kier molecular flexibility index (Phi) is 13.6. The summed E-state index contributed by atoms with van der Waals surface area (Å²) in [6, 6.07) is 0.573. The van der Waals surface area contributed by atoms with Crippen molar-refractivity contribution in [3.63, 3.8) is 0 Å². The second-order valence-electron chi connectivity index (χ2n) is 6.77. The Bertz CT molecular complexity index is 381. The first-order valence-corrected chi connectivity index (χ1v) is 9.70. The first-order valence-electron chi connectivity index (χ1n) is 9.70. The minimum Gasteiger partial charge on any atom is -0.383 e. The smallest absolute Gasteiger partial charge is 0.191 e. The van der Waals surface area contributed by atoms with Gasteiger partial charge in [0.05, 0.1) is 19.3 Å². The highest BCUT2D eigenvalue weighted by Crippen LogP contribution is 2.15. The Morgan fingerprint density at radius 1 is 1.23 bits per heavy atom. The average Bonchev–Trinajstić information content (AvgIpc) is 3.30. The predicted molar refractivity (Wildman–Crippen MR) is 116 cm³/mol. The van der Waals surface area contributed by atoms with Crippen LogP contribution in [0.2, 0.25) is 0 Å². The minimum absolute atomic E-state index is 0. The van der Waals surface area contributed by atoms with Crippen LogP contribution in [0.25, 0.3) is 0 Å². The van der Waals surface area contributed by atoms with Crippen LogP contribution < -0.4 is 10.6 Å². The number of guanidine groups is 1. The number of likely N-dealkylation sites (tertiary alicyclic amines) is 1. The van der Waals surface area contributed by atoms with Gasteiger partial charge in [-0.1, -0.05) is 0 Å². The van der Waals surface area contributed by atoms with Crippen molar-refractivity contribution in [3.05, 3.63) is 0 Å². The molecule has 2 unspecified atom stereocenters. The van der Waals surface area contributed by atoms with Gasteiger partial charge in [-0.05, 0) is 38.6 Å². The van der Waals surface area contributed by atoms with E-state index in [1.807, 2.05) is 7.05 Å². The second-order valence-corrected chi connectivity index (χ2v) is 6.77. The van der Waals surface area contributed by atoms with Gasteiger partial charge in [-0.15, -0.1) is 24.0 Å². The van der Waals surface area contributed by atoms with E-state index in [0.29, 0.717) is 12.1 Å². The highest BCUT2D eigenvalue weighted by Gasteiger charge is 2.23. The Balaban J connectivity index is 0.00000338. The van der Waals surface area contributed by atoms with Crippen LogP contribution in [0.4, 0.5) is 0 Å². The molecule has 2 rings (SSSR count). The maximum atomic E-state index is 5.68. The van der Waals surface area contributed by atoms with Crippen molar-refractivity contribution in [1.82, 2.24) is 15.5 Å². The van der Waals surface area contributed by atoms with Gasteiger partial charge >= 0.3 is 0 Å². The minimum atomic E-state index is 0. The summed E-state index contributed by atoms with van der Waals surface area (Å²) in [4.78, 5) is 6.81. The molecule has 7 nitrogen and oxygen atoms in total. The van der Waals surface area contributed by atoms with E-state index >= 15 is 0 Å². The average molecular weight is 484 g/mol. The van der Waals surface area contributed by atoms with E-state index in [1.54, 1.807) is 7.11 Å². The topological polar surface area (TPSA) is 67.4 Å². The summed E-state index contributed by atoms with van der Waals surface area (Å²) in [6.45, 7) is 7.16. The lowest BCUT2D eigenvalue weighted by Crippen LogP contribution is -2.45. The zero-order valence-corrected chi connectivity index (χ0v) is 18.7. The van der Waals surface area contributed by atoms with Gasteiger partial charge in [-0.2, -0.15) is 0 Å². The summed E-state index contributed by atoms with van der Waals surface area (Å²) in [6.07, 6.45) is 6.10. The second kappa shape index (κ2) is 14.8. The molecule has 2 fully saturated rings. The normalized spacial score (nSPS) is 23.8. The van der Waals surface area contributed by atoms with Crippen molar-refractivity contribution in [2.75, 3.05) is 66.8 Å². The lowest BCUT2D eigenvalue weighted by atomic mass is 10.2. The monoisotopic (exact) mass is 484 g/mol. The Morgan fingerprint density at radius 3 is 2.85 bits per heavy atom. The fourth-order valence-corrected chi connectivity index (χ4v) is 3.44. The van der Waals surface area contributed by atoms with Crippen LogP contribution in [-0.4, -0.2) is 89.8 Å². The van der Waals surface area contributed by atoms with E-state index in [2.05, 4.69) is 20.5 Å². The molecule has 0 aromatic carbocycles. The molecule has 2 aliphatic heterocycles. The molecular formula is C18H37IN4O3. The lowest BCUT2D eigenvalue weighted by molar-refractivity contribution is 0.0168. The summed E-state index contributed by atoms with van der Waals surface area (Å²) in [5.41, 5.74) is 0. The first-order chi connectivity index (χ1) is 12.3. The van der Waals surface area contributed by atoms with Crippen LogP contribution >= 0.6 is 24.0 Å². The Labute approximate surface area is 175 Å². The number of nitrogens with zero attached hydrogens (tertiary/aromatic N) is 2. The van der Waals surface area contributed by atoms with E-state index in [0.717, 1.165) is 64.9 Å². The SMILES string of the molecule is CN=C(NCCCOCC1CCCO1)NCC1CCCN1CCOC.I. The third kappa shape index (κ3) is 9.16.